The Balaban J connectivity index is 2.30. The van der Waals surface area contributed by atoms with Crippen LogP contribution in [0.5, 0.6) is 11.5 Å². The molecule has 0 spiro atoms. The third-order valence-electron chi connectivity index (χ3n) is 3.37. The summed E-state index contributed by atoms with van der Waals surface area (Å²) < 4.78 is 5.91. The van der Waals surface area contributed by atoms with Gasteiger partial charge in [0.25, 0.3) is 0 Å². The second-order valence-corrected chi connectivity index (χ2v) is 4.81. The summed E-state index contributed by atoms with van der Waals surface area (Å²) in [5, 5.41) is 10.0. The van der Waals surface area contributed by atoms with Crippen LogP contribution in [0.15, 0.2) is 42.5 Å². The fourth-order valence-electron chi connectivity index (χ4n) is 1.97. The van der Waals surface area contributed by atoms with Gasteiger partial charge in [0.2, 0.25) is 0 Å². The number of benzene rings is 2. The molecule has 0 heterocycles. The average molecular weight is 256 g/mol. The normalized spacial score (nSPS) is 12.2. The molecule has 0 aliphatic carbocycles. The molecule has 0 saturated heterocycles. The molecule has 0 amide bonds. The van der Waals surface area contributed by atoms with Gasteiger partial charge in [0, 0.05) is 5.56 Å². The minimum atomic E-state index is -0.484. The van der Waals surface area contributed by atoms with Crippen LogP contribution in [0.25, 0.3) is 0 Å². The standard InChI is InChI=1S/C17H20O2/c1-4-16(18)15-7-5-6-8-17(15)19-14-10-9-12(2)13(3)11-14/h5-11,16,18H,4H2,1-3H3/t16-/m1/s1. The number of hydrogen-bond donors (Lipinski definition) is 1. The Morgan fingerprint density at radius 3 is 2.47 bits per heavy atom. The summed E-state index contributed by atoms with van der Waals surface area (Å²) in [5.41, 5.74) is 3.28. The van der Waals surface area contributed by atoms with Crippen molar-refractivity contribution >= 4 is 0 Å². The lowest BCUT2D eigenvalue weighted by atomic mass is 10.1. The number of ether oxygens (including phenoxy) is 1. The zero-order valence-electron chi connectivity index (χ0n) is 11.7. The van der Waals surface area contributed by atoms with E-state index in [-0.39, 0.29) is 0 Å². The van der Waals surface area contributed by atoms with Gasteiger partial charge in [0.1, 0.15) is 11.5 Å². The lowest BCUT2D eigenvalue weighted by molar-refractivity contribution is 0.170. The van der Waals surface area contributed by atoms with Crippen molar-refractivity contribution in [2.45, 2.75) is 33.3 Å². The molecule has 2 nitrogen and oxygen atoms in total. The van der Waals surface area contributed by atoms with Crippen LogP contribution >= 0.6 is 0 Å². The highest BCUT2D eigenvalue weighted by molar-refractivity contribution is 5.41. The van der Waals surface area contributed by atoms with E-state index < -0.39 is 6.10 Å². The first kappa shape index (κ1) is 13.6. The van der Waals surface area contributed by atoms with Gasteiger partial charge < -0.3 is 9.84 Å². The van der Waals surface area contributed by atoms with Crippen molar-refractivity contribution in [2.24, 2.45) is 0 Å². The molecule has 1 atom stereocenters. The first-order valence-corrected chi connectivity index (χ1v) is 6.64. The van der Waals surface area contributed by atoms with E-state index in [4.69, 9.17) is 4.74 Å². The Morgan fingerprint density at radius 2 is 1.79 bits per heavy atom. The summed E-state index contributed by atoms with van der Waals surface area (Å²) in [7, 11) is 0. The van der Waals surface area contributed by atoms with E-state index in [2.05, 4.69) is 13.8 Å². The van der Waals surface area contributed by atoms with Gasteiger partial charge in [-0.25, -0.2) is 0 Å². The molecule has 0 radical (unpaired) electrons. The van der Waals surface area contributed by atoms with Gasteiger partial charge in [-0.15, -0.1) is 0 Å². The van der Waals surface area contributed by atoms with E-state index in [1.54, 1.807) is 0 Å². The Kier molecular flexibility index (Phi) is 4.23. The number of rotatable bonds is 4. The number of hydrogen-bond acceptors (Lipinski definition) is 2. The highest BCUT2D eigenvalue weighted by Crippen LogP contribution is 2.31. The maximum Gasteiger partial charge on any atom is 0.133 e. The summed E-state index contributed by atoms with van der Waals surface area (Å²) in [6, 6.07) is 13.7. The van der Waals surface area contributed by atoms with Gasteiger partial charge in [-0.05, 0) is 49.6 Å². The van der Waals surface area contributed by atoms with Crippen LogP contribution in [-0.2, 0) is 0 Å². The van der Waals surface area contributed by atoms with Crippen LogP contribution in [0.3, 0.4) is 0 Å². The highest BCUT2D eigenvalue weighted by atomic mass is 16.5. The predicted molar refractivity (Wildman–Crippen MR) is 77.7 cm³/mol. The van der Waals surface area contributed by atoms with E-state index in [1.807, 2.05) is 49.4 Å². The van der Waals surface area contributed by atoms with Gasteiger partial charge in [0.05, 0.1) is 6.10 Å². The summed E-state index contributed by atoms with van der Waals surface area (Å²) in [6.07, 6.45) is 0.190. The molecule has 0 bridgehead atoms. The van der Waals surface area contributed by atoms with Gasteiger partial charge in [-0.3, -0.25) is 0 Å². The molecule has 19 heavy (non-hydrogen) atoms. The molecule has 0 aliphatic rings. The number of aryl methyl sites for hydroxylation is 2. The van der Waals surface area contributed by atoms with Gasteiger partial charge >= 0.3 is 0 Å². The minimum absolute atomic E-state index is 0.484. The van der Waals surface area contributed by atoms with Crippen molar-refractivity contribution in [1.29, 1.82) is 0 Å². The molecule has 0 unspecified atom stereocenters. The maximum atomic E-state index is 10.0. The lowest BCUT2D eigenvalue weighted by Gasteiger charge is -2.15. The zero-order chi connectivity index (χ0) is 13.8. The molecule has 0 aromatic heterocycles. The topological polar surface area (TPSA) is 29.5 Å². The first-order valence-electron chi connectivity index (χ1n) is 6.64. The molecule has 2 heteroatoms. The van der Waals surface area contributed by atoms with Gasteiger partial charge in [0.15, 0.2) is 0 Å². The van der Waals surface area contributed by atoms with Gasteiger partial charge in [-0.2, -0.15) is 0 Å². The van der Waals surface area contributed by atoms with Crippen molar-refractivity contribution < 1.29 is 9.84 Å². The summed E-state index contributed by atoms with van der Waals surface area (Å²) >= 11 is 0. The van der Waals surface area contributed by atoms with Crippen LogP contribution in [0.2, 0.25) is 0 Å². The smallest absolute Gasteiger partial charge is 0.133 e. The minimum Gasteiger partial charge on any atom is -0.457 e. The van der Waals surface area contributed by atoms with Crippen molar-refractivity contribution in [3.63, 3.8) is 0 Å². The number of para-hydroxylation sites is 1. The molecular formula is C17H20O2. The molecule has 2 rings (SSSR count). The Morgan fingerprint density at radius 1 is 1.05 bits per heavy atom. The second kappa shape index (κ2) is 5.89. The van der Waals surface area contributed by atoms with Crippen LogP contribution in [0, 0.1) is 13.8 Å². The summed E-state index contributed by atoms with van der Waals surface area (Å²) in [5.74, 6) is 1.53. The molecule has 100 valence electrons. The predicted octanol–water partition coefficient (Wildman–Crippen LogP) is 4.54. The molecule has 0 saturated carbocycles. The molecule has 0 aliphatic heterocycles. The van der Waals surface area contributed by atoms with Crippen molar-refractivity contribution in [3.05, 3.63) is 59.2 Å². The SMILES string of the molecule is CC[C@@H](O)c1ccccc1Oc1ccc(C)c(C)c1. The summed E-state index contributed by atoms with van der Waals surface area (Å²) in [4.78, 5) is 0. The third-order valence-corrected chi connectivity index (χ3v) is 3.37. The molecule has 2 aromatic carbocycles. The van der Waals surface area contributed by atoms with Crippen LogP contribution < -0.4 is 4.74 Å². The van der Waals surface area contributed by atoms with Crippen molar-refractivity contribution in [1.82, 2.24) is 0 Å². The van der Waals surface area contributed by atoms with E-state index in [0.717, 1.165) is 17.1 Å². The van der Waals surface area contributed by atoms with E-state index in [1.165, 1.54) is 11.1 Å². The monoisotopic (exact) mass is 256 g/mol. The maximum absolute atomic E-state index is 10.0. The van der Waals surface area contributed by atoms with Crippen LogP contribution in [0.4, 0.5) is 0 Å². The van der Waals surface area contributed by atoms with Crippen molar-refractivity contribution in [2.75, 3.05) is 0 Å². The number of aliphatic hydroxyl groups is 1. The van der Waals surface area contributed by atoms with Crippen LogP contribution in [0.1, 0.15) is 36.1 Å². The molecule has 2 aromatic rings. The van der Waals surface area contributed by atoms with Crippen LogP contribution in [-0.4, -0.2) is 5.11 Å². The largest absolute Gasteiger partial charge is 0.457 e. The average Bonchev–Trinajstić information content (AvgIpc) is 2.43. The second-order valence-electron chi connectivity index (χ2n) is 4.81. The van der Waals surface area contributed by atoms with Crippen molar-refractivity contribution in [3.8, 4) is 11.5 Å². The first-order chi connectivity index (χ1) is 9.11. The Bertz CT molecular complexity index is 561. The quantitative estimate of drug-likeness (QED) is 0.870. The van der Waals surface area contributed by atoms with E-state index >= 15 is 0 Å². The molecule has 0 fully saturated rings. The van der Waals surface area contributed by atoms with E-state index in [9.17, 15) is 5.11 Å². The molecular weight excluding hydrogens is 236 g/mol. The summed E-state index contributed by atoms with van der Waals surface area (Å²) in [6.45, 7) is 6.10. The third kappa shape index (κ3) is 3.15. The number of aliphatic hydroxyl groups excluding tert-OH is 1. The molecule has 1 N–H and O–H groups in total. The fraction of sp³-hybridized carbons (Fsp3) is 0.294. The Labute approximate surface area is 114 Å². The fourth-order valence-corrected chi connectivity index (χ4v) is 1.97. The highest BCUT2D eigenvalue weighted by Gasteiger charge is 2.11. The van der Waals surface area contributed by atoms with E-state index in [0.29, 0.717) is 6.42 Å². The van der Waals surface area contributed by atoms with Gasteiger partial charge in [-0.1, -0.05) is 31.2 Å². The zero-order valence-corrected chi connectivity index (χ0v) is 11.7. The lowest BCUT2D eigenvalue weighted by Crippen LogP contribution is -1.98. The Hall–Kier alpha value is -1.80.